The highest BCUT2D eigenvalue weighted by atomic mass is 15.1. The van der Waals surface area contributed by atoms with Crippen LogP contribution in [0.15, 0.2) is 30.3 Å². The average Bonchev–Trinajstić information content (AvgIpc) is 2.40. The van der Waals surface area contributed by atoms with E-state index in [2.05, 4.69) is 48.2 Å². The lowest BCUT2D eigenvalue weighted by molar-refractivity contribution is 0.123. The van der Waals surface area contributed by atoms with Crippen LogP contribution in [0.1, 0.15) is 31.7 Å². The van der Waals surface area contributed by atoms with Gasteiger partial charge in [-0.05, 0) is 43.3 Å². The highest BCUT2D eigenvalue weighted by molar-refractivity contribution is 5.14. The van der Waals surface area contributed by atoms with Crippen LogP contribution >= 0.6 is 0 Å². The van der Waals surface area contributed by atoms with Gasteiger partial charge in [0.25, 0.3) is 0 Å². The lowest BCUT2D eigenvalue weighted by Gasteiger charge is -2.38. The van der Waals surface area contributed by atoms with Crippen molar-refractivity contribution in [1.29, 1.82) is 5.26 Å². The molecule has 0 aliphatic carbocycles. The molecule has 1 heterocycles. The van der Waals surface area contributed by atoms with Gasteiger partial charge in [-0.2, -0.15) is 5.26 Å². The summed E-state index contributed by atoms with van der Waals surface area (Å²) in [5, 5.41) is 8.84. The van der Waals surface area contributed by atoms with Crippen molar-refractivity contribution in [2.24, 2.45) is 5.41 Å². The molecule has 0 bridgehead atoms. The van der Waals surface area contributed by atoms with Crippen LogP contribution in [0.4, 0.5) is 0 Å². The maximum absolute atomic E-state index is 8.84. The normalized spacial score (nSPS) is 19.3. The van der Waals surface area contributed by atoms with Crippen molar-refractivity contribution in [2.45, 2.75) is 32.6 Å². The lowest BCUT2D eigenvalue weighted by Crippen LogP contribution is -2.39. The zero-order valence-electron chi connectivity index (χ0n) is 11.2. The van der Waals surface area contributed by atoms with E-state index in [4.69, 9.17) is 5.26 Å². The van der Waals surface area contributed by atoms with E-state index in [0.29, 0.717) is 6.42 Å². The Morgan fingerprint density at radius 3 is 2.50 bits per heavy atom. The Balaban J connectivity index is 1.76. The first-order valence-corrected chi connectivity index (χ1v) is 6.85. The van der Waals surface area contributed by atoms with E-state index in [9.17, 15) is 0 Å². The molecule has 1 aliphatic rings. The quantitative estimate of drug-likeness (QED) is 0.810. The molecular weight excluding hydrogens is 220 g/mol. The van der Waals surface area contributed by atoms with Crippen molar-refractivity contribution in [3.8, 4) is 6.07 Å². The molecule has 96 valence electrons. The van der Waals surface area contributed by atoms with Gasteiger partial charge in [-0.15, -0.1) is 0 Å². The maximum atomic E-state index is 8.84. The summed E-state index contributed by atoms with van der Waals surface area (Å²) < 4.78 is 0. The summed E-state index contributed by atoms with van der Waals surface area (Å²) in [6, 6.07) is 13.0. The largest absolute Gasteiger partial charge is 0.303 e. The van der Waals surface area contributed by atoms with E-state index in [1.54, 1.807) is 0 Å². The molecule has 0 spiro atoms. The van der Waals surface area contributed by atoms with Crippen LogP contribution < -0.4 is 0 Å². The Morgan fingerprint density at radius 2 is 1.89 bits per heavy atom. The molecule has 0 aromatic heterocycles. The van der Waals surface area contributed by atoms with Crippen LogP contribution in [0.25, 0.3) is 0 Å². The van der Waals surface area contributed by atoms with Gasteiger partial charge in [0.2, 0.25) is 0 Å². The number of benzene rings is 1. The summed E-state index contributed by atoms with van der Waals surface area (Å²) in [4.78, 5) is 2.53. The fraction of sp³-hybridized carbons (Fsp3) is 0.562. The standard InChI is InChI=1S/C16H22N2/c1-16(8-11-17)9-13-18(14-10-16)12-7-15-5-3-2-4-6-15/h2-6H,7-10,12-14H2,1H3. The first-order chi connectivity index (χ1) is 8.72. The number of rotatable bonds is 4. The van der Waals surface area contributed by atoms with Crippen LogP contribution in [0.3, 0.4) is 0 Å². The first-order valence-electron chi connectivity index (χ1n) is 6.85. The summed E-state index contributed by atoms with van der Waals surface area (Å²) in [6.07, 6.45) is 4.17. The van der Waals surface area contributed by atoms with Crippen molar-refractivity contribution < 1.29 is 0 Å². The van der Waals surface area contributed by atoms with E-state index in [0.717, 1.165) is 38.9 Å². The number of hydrogen-bond donors (Lipinski definition) is 0. The number of hydrogen-bond acceptors (Lipinski definition) is 2. The van der Waals surface area contributed by atoms with Crippen molar-refractivity contribution in [2.75, 3.05) is 19.6 Å². The van der Waals surface area contributed by atoms with Gasteiger partial charge < -0.3 is 4.90 Å². The van der Waals surface area contributed by atoms with Gasteiger partial charge in [-0.1, -0.05) is 37.3 Å². The fourth-order valence-corrected chi connectivity index (χ4v) is 2.62. The zero-order chi connectivity index (χ0) is 12.8. The molecule has 2 rings (SSSR count). The Labute approximate surface area is 110 Å². The molecule has 0 saturated carbocycles. The van der Waals surface area contributed by atoms with Crippen molar-refractivity contribution in [3.05, 3.63) is 35.9 Å². The van der Waals surface area contributed by atoms with Crippen molar-refractivity contribution in [1.82, 2.24) is 4.90 Å². The molecule has 2 nitrogen and oxygen atoms in total. The number of nitrogens with zero attached hydrogens (tertiary/aromatic N) is 2. The number of nitriles is 1. The SMILES string of the molecule is CC1(CC#N)CCN(CCc2ccccc2)CC1. The smallest absolute Gasteiger partial charge is 0.0627 e. The minimum atomic E-state index is 0.262. The summed E-state index contributed by atoms with van der Waals surface area (Å²) in [6.45, 7) is 5.69. The third-order valence-electron chi connectivity index (χ3n) is 4.13. The molecule has 0 atom stereocenters. The average molecular weight is 242 g/mol. The van der Waals surface area contributed by atoms with E-state index in [1.165, 1.54) is 5.56 Å². The highest BCUT2D eigenvalue weighted by Crippen LogP contribution is 2.33. The Hall–Kier alpha value is -1.33. The molecule has 1 fully saturated rings. The van der Waals surface area contributed by atoms with Crippen LogP contribution in [0, 0.1) is 16.7 Å². The first kappa shape index (κ1) is 13.1. The second-order valence-electron chi connectivity index (χ2n) is 5.72. The van der Waals surface area contributed by atoms with Gasteiger partial charge in [0, 0.05) is 13.0 Å². The van der Waals surface area contributed by atoms with Crippen molar-refractivity contribution in [3.63, 3.8) is 0 Å². The Kier molecular flexibility index (Phi) is 4.38. The molecule has 2 heteroatoms. The van der Waals surface area contributed by atoms with Gasteiger partial charge in [0.1, 0.15) is 0 Å². The summed E-state index contributed by atoms with van der Waals surface area (Å²) in [5.41, 5.74) is 1.68. The van der Waals surface area contributed by atoms with E-state index >= 15 is 0 Å². The fourth-order valence-electron chi connectivity index (χ4n) is 2.62. The van der Waals surface area contributed by atoms with Crippen molar-refractivity contribution >= 4 is 0 Å². The molecule has 0 unspecified atom stereocenters. The molecule has 1 saturated heterocycles. The predicted molar refractivity (Wildman–Crippen MR) is 74.2 cm³/mol. The van der Waals surface area contributed by atoms with E-state index in [-0.39, 0.29) is 5.41 Å². The lowest BCUT2D eigenvalue weighted by atomic mass is 9.78. The Bertz CT molecular complexity index is 397. The monoisotopic (exact) mass is 242 g/mol. The third kappa shape index (κ3) is 3.58. The second-order valence-corrected chi connectivity index (χ2v) is 5.72. The molecule has 0 radical (unpaired) electrons. The summed E-state index contributed by atoms with van der Waals surface area (Å²) >= 11 is 0. The second kappa shape index (κ2) is 6.02. The van der Waals surface area contributed by atoms with E-state index < -0.39 is 0 Å². The zero-order valence-corrected chi connectivity index (χ0v) is 11.2. The summed E-state index contributed by atoms with van der Waals surface area (Å²) in [5.74, 6) is 0. The summed E-state index contributed by atoms with van der Waals surface area (Å²) in [7, 11) is 0. The molecular formula is C16H22N2. The van der Waals surface area contributed by atoms with Gasteiger partial charge >= 0.3 is 0 Å². The van der Waals surface area contributed by atoms with Crippen LogP contribution in [-0.2, 0) is 6.42 Å². The van der Waals surface area contributed by atoms with Gasteiger partial charge in [-0.3, -0.25) is 0 Å². The minimum Gasteiger partial charge on any atom is -0.303 e. The van der Waals surface area contributed by atoms with Crippen LogP contribution in [-0.4, -0.2) is 24.5 Å². The van der Waals surface area contributed by atoms with Crippen LogP contribution in [0.5, 0.6) is 0 Å². The molecule has 1 aliphatic heterocycles. The molecule has 18 heavy (non-hydrogen) atoms. The molecule has 1 aromatic carbocycles. The maximum Gasteiger partial charge on any atom is 0.0627 e. The van der Waals surface area contributed by atoms with E-state index in [1.807, 2.05) is 0 Å². The third-order valence-corrected chi connectivity index (χ3v) is 4.13. The van der Waals surface area contributed by atoms with Gasteiger partial charge in [-0.25, -0.2) is 0 Å². The molecule has 0 N–H and O–H groups in total. The molecule has 0 amide bonds. The van der Waals surface area contributed by atoms with Gasteiger partial charge in [0.05, 0.1) is 6.07 Å². The predicted octanol–water partition coefficient (Wildman–Crippen LogP) is 3.24. The minimum absolute atomic E-state index is 0.262. The number of likely N-dealkylation sites (tertiary alicyclic amines) is 1. The molecule has 1 aromatic rings. The Morgan fingerprint density at radius 1 is 1.22 bits per heavy atom. The topological polar surface area (TPSA) is 27.0 Å². The number of piperidine rings is 1. The van der Waals surface area contributed by atoms with Gasteiger partial charge in [0.15, 0.2) is 0 Å². The highest BCUT2D eigenvalue weighted by Gasteiger charge is 2.29. The van der Waals surface area contributed by atoms with Crippen LogP contribution in [0.2, 0.25) is 0 Å².